The minimum atomic E-state index is -0.889. The molecule has 0 saturated heterocycles. The summed E-state index contributed by atoms with van der Waals surface area (Å²) in [6.45, 7) is 7.97. The number of carbonyl (C=O) groups excluding carboxylic acids is 2. The zero-order valence-corrected chi connectivity index (χ0v) is 26.3. The SMILES string of the molecule is COc1ccc(CSC(C)(C)CC(=O)Cl)cc1.COc1ccc(CSC(C)(C)CC(=O)O)cc1.O=C(Cl)Cl. The third-order valence-electron chi connectivity index (χ3n) is 4.72. The minimum absolute atomic E-state index is 0.126. The minimum Gasteiger partial charge on any atom is -0.497 e. The van der Waals surface area contributed by atoms with Crippen LogP contribution in [0.1, 0.15) is 51.7 Å². The van der Waals surface area contributed by atoms with E-state index in [2.05, 4.69) is 23.2 Å². The van der Waals surface area contributed by atoms with Gasteiger partial charge in [-0.05, 0) is 70.2 Å². The van der Waals surface area contributed by atoms with Crippen LogP contribution in [-0.2, 0) is 21.1 Å². The number of methoxy groups -OCH3 is 2. The average molecular weight is 626 g/mol. The van der Waals surface area contributed by atoms with Gasteiger partial charge in [0.05, 0.1) is 20.6 Å². The molecule has 0 aliphatic heterocycles. The Labute approximate surface area is 249 Å². The van der Waals surface area contributed by atoms with Crippen LogP contribution in [0, 0.1) is 0 Å². The van der Waals surface area contributed by atoms with E-state index < -0.39 is 10.7 Å². The number of thioether (sulfide) groups is 2. The Balaban J connectivity index is 0.000000632. The van der Waals surface area contributed by atoms with Crippen molar-refractivity contribution in [1.82, 2.24) is 0 Å². The Morgan fingerprint density at radius 3 is 1.29 bits per heavy atom. The van der Waals surface area contributed by atoms with Crippen molar-refractivity contribution in [3.8, 4) is 11.5 Å². The maximum Gasteiger partial charge on any atom is 0.313 e. The third-order valence-corrected chi connectivity index (χ3v) is 7.66. The predicted molar refractivity (Wildman–Crippen MR) is 162 cm³/mol. The first-order valence-electron chi connectivity index (χ1n) is 11.4. The van der Waals surface area contributed by atoms with Crippen molar-refractivity contribution in [3.05, 3.63) is 59.7 Å². The number of carboxylic acid groups (broad SMARTS) is 1. The normalized spacial score (nSPS) is 10.8. The number of hydrogen-bond acceptors (Lipinski definition) is 7. The van der Waals surface area contributed by atoms with E-state index >= 15 is 0 Å². The largest absolute Gasteiger partial charge is 0.497 e. The summed E-state index contributed by atoms with van der Waals surface area (Å²) in [4.78, 5) is 30.5. The Bertz CT molecular complexity index is 917. The molecule has 2 aromatic rings. The molecule has 212 valence electrons. The first-order valence-corrected chi connectivity index (χ1v) is 14.5. The van der Waals surface area contributed by atoms with Crippen LogP contribution in [0.2, 0.25) is 0 Å². The van der Waals surface area contributed by atoms with Gasteiger partial charge in [0.15, 0.2) is 0 Å². The molecule has 0 atom stereocenters. The van der Waals surface area contributed by atoms with Gasteiger partial charge in [0.1, 0.15) is 11.5 Å². The fourth-order valence-corrected chi connectivity index (χ4v) is 5.17. The molecule has 0 spiro atoms. The molecule has 0 radical (unpaired) electrons. The lowest BCUT2D eigenvalue weighted by atomic mass is 10.1. The van der Waals surface area contributed by atoms with Crippen LogP contribution in [0.5, 0.6) is 11.5 Å². The maximum atomic E-state index is 10.9. The number of rotatable bonds is 12. The van der Waals surface area contributed by atoms with Crippen molar-refractivity contribution >= 4 is 74.2 Å². The van der Waals surface area contributed by atoms with Gasteiger partial charge in [0, 0.05) is 27.4 Å². The third kappa shape index (κ3) is 19.5. The molecule has 0 aliphatic carbocycles. The van der Waals surface area contributed by atoms with Gasteiger partial charge in [-0.1, -0.05) is 52.0 Å². The smallest absolute Gasteiger partial charge is 0.313 e. The molecule has 1 N–H and O–H groups in total. The second-order valence-electron chi connectivity index (χ2n) is 9.12. The van der Waals surface area contributed by atoms with Gasteiger partial charge in [0.2, 0.25) is 5.24 Å². The monoisotopic (exact) mass is 624 g/mol. The Morgan fingerprint density at radius 1 is 0.711 bits per heavy atom. The van der Waals surface area contributed by atoms with Crippen molar-refractivity contribution in [3.63, 3.8) is 0 Å². The van der Waals surface area contributed by atoms with Crippen LogP contribution >= 0.6 is 58.3 Å². The van der Waals surface area contributed by atoms with Crippen LogP contribution < -0.4 is 9.47 Å². The molecule has 0 amide bonds. The van der Waals surface area contributed by atoms with E-state index in [9.17, 15) is 9.59 Å². The molecule has 0 bridgehead atoms. The highest BCUT2D eigenvalue weighted by atomic mass is 35.5. The molecule has 0 heterocycles. The highest BCUT2D eigenvalue weighted by Gasteiger charge is 2.22. The van der Waals surface area contributed by atoms with Gasteiger partial charge in [0.25, 0.3) is 0 Å². The first kappa shape index (κ1) is 36.4. The molecule has 0 aromatic heterocycles. The summed E-state index contributed by atoms with van der Waals surface area (Å²) in [5.74, 6) is 2.61. The molecular weight excluding hydrogens is 591 g/mol. The van der Waals surface area contributed by atoms with Gasteiger partial charge in [-0.25, -0.2) is 0 Å². The van der Waals surface area contributed by atoms with E-state index in [0.717, 1.165) is 23.0 Å². The van der Waals surface area contributed by atoms with Gasteiger partial charge in [-0.3, -0.25) is 14.4 Å². The molecule has 0 aliphatic rings. The molecular formula is C27H35Cl3O6S2. The first-order chi connectivity index (χ1) is 17.6. The van der Waals surface area contributed by atoms with Crippen LogP contribution in [0.15, 0.2) is 48.5 Å². The van der Waals surface area contributed by atoms with Crippen LogP contribution in [-0.4, -0.2) is 44.7 Å². The highest BCUT2D eigenvalue weighted by molar-refractivity contribution is 8.00. The lowest BCUT2D eigenvalue weighted by Gasteiger charge is -2.21. The quantitative estimate of drug-likeness (QED) is 0.235. The Kier molecular flexibility index (Phi) is 17.9. The van der Waals surface area contributed by atoms with Crippen molar-refractivity contribution < 1.29 is 29.0 Å². The maximum absolute atomic E-state index is 10.9. The van der Waals surface area contributed by atoms with E-state index in [0.29, 0.717) is 6.42 Å². The fourth-order valence-electron chi connectivity index (χ4n) is 2.80. The van der Waals surface area contributed by atoms with Crippen molar-refractivity contribution in [2.24, 2.45) is 0 Å². The number of benzene rings is 2. The highest BCUT2D eigenvalue weighted by Crippen LogP contribution is 2.32. The average Bonchev–Trinajstić information content (AvgIpc) is 2.81. The molecule has 2 rings (SSSR count). The number of carbonyl (C=O) groups is 3. The standard InChI is InChI=1S/C13H17ClO2S.C13H18O3S.CCl2O/c2*1-13(2,8-12(14)15)17-9-10-4-6-11(16-3)7-5-10;2-1(3)4/h4-7H,8-9H2,1-3H3;4-7H,8-9H2,1-3H3,(H,14,15);. The predicted octanol–water partition coefficient (Wildman–Crippen LogP) is 8.63. The topological polar surface area (TPSA) is 89.9 Å². The molecule has 0 unspecified atom stereocenters. The van der Waals surface area contributed by atoms with Crippen molar-refractivity contribution in [2.45, 2.75) is 61.5 Å². The summed E-state index contributed by atoms with van der Waals surface area (Å²) in [6, 6.07) is 15.8. The summed E-state index contributed by atoms with van der Waals surface area (Å²) in [7, 11) is 3.29. The number of aliphatic carboxylic acids is 1. The molecule has 11 heteroatoms. The summed E-state index contributed by atoms with van der Waals surface area (Å²) >= 11 is 17.6. The van der Waals surface area contributed by atoms with Crippen LogP contribution in [0.3, 0.4) is 0 Å². The second-order valence-corrected chi connectivity index (χ2v) is 13.8. The summed E-state index contributed by atoms with van der Waals surface area (Å²) in [5.41, 5.74) is 2.39. The van der Waals surface area contributed by atoms with E-state index in [1.54, 1.807) is 37.7 Å². The number of carboxylic acids is 1. The number of hydrogen-bond donors (Lipinski definition) is 1. The zero-order chi connectivity index (χ0) is 29.4. The van der Waals surface area contributed by atoms with Gasteiger partial charge in [-0.15, -0.1) is 0 Å². The van der Waals surface area contributed by atoms with E-state index in [1.165, 1.54) is 11.1 Å². The Hall–Kier alpha value is -1.58. The molecule has 0 fully saturated rings. The van der Waals surface area contributed by atoms with Gasteiger partial charge in [-0.2, -0.15) is 23.5 Å². The summed E-state index contributed by atoms with van der Waals surface area (Å²) in [6.07, 6.45) is 0.559. The lowest BCUT2D eigenvalue weighted by Crippen LogP contribution is -2.19. The van der Waals surface area contributed by atoms with Gasteiger partial charge >= 0.3 is 10.7 Å². The summed E-state index contributed by atoms with van der Waals surface area (Å²) in [5, 5.41) is 8.50. The molecule has 0 saturated carbocycles. The number of halogens is 3. The van der Waals surface area contributed by atoms with E-state index in [1.807, 2.05) is 76.2 Å². The Morgan fingerprint density at radius 2 is 1.03 bits per heavy atom. The molecule has 38 heavy (non-hydrogen) atoms. The number of ether oxygens (including phenoxy) is 2. The molecule has 2 aromatic carbocycles. The lowest BCUT2D eigenvalue weighted by molar-refractivity contribution is -0.137. The zero-order valence-electron chi connectivity index (χ0n) is 22.4. The summed E-state index contributed by atoms with van der Waals surface area (Å²) < 4.78 is 8.92. The molecule has 6 nitrogen and oxygen atoms in total. The fraction of sp³-hybridized carbons (Fsp3) is 0.444. The van der Waals surface area contributed by atoms with Crippen molar-refractivity contribution in [1.29, 1.82) is 0 Å². The van der Waals surface area contributed by atoms with Crippen LogP contribution in [0.4, 0.5) is 4.79 Å². The van der Waals surface area contributed by atoms with E-state index in [4.69, 9.17) is 31.0 Å². The second kappa shape index (κ2) is 18.7. The van der Waals surface area contributed by atoms with Gasteiger partial charge < -0.3 is 14.6 Å². The van der Waals surface area contributed by atoms with E-state index in [-0.39, 0.29) is 21.2 Å². The van der Waals surface area contributed by atoms with Crippen molar-refractivity contribution in [2.75, 3.05) is 14.2 Å². The van der Waals surface area contributed by atoms with Crippen LogP contribution in [0.25, 0.3) is 0 Å².